The molecule has 0 bridgehead atoms. The van der Waals surface area contributed by atoms with Crippen LogP contribution in [0.2, 0.25) is 15.1 Å². The Bertz CT molecular complexity index is 981. The number of nitrogens with zero attached hydrogens (tertiary/aromatic N) is 1. The van der Waals surface area contributed by atoms with Gasteiger partial charge < -0.3 is 4.74 Å². The molecule has 0 amide bonds. The zero-order chi connectivity index (χ0) is 19.4. The summed E-state index contributed by atoms with van der Waals surface area (Å²) in [6.45, 7) is 1.93. The molecule has 0 aromatic heterocycles. The lowest BCUT2D eigenvalue weighted by Crippen LogP contribution is -1.99. The summed E-state index contributed by atoms with van der Waals surface area (Å²) in [5.41, 5.74) is 2.78. The summed E-state index contributed by atoms with van der Waals surface area (Å²) in [6.07, 6.45) is 1.65. The molecule has 3 aromatic rings. The third-order valence-corrected chi connectivity index (χ3v) is 4.91. The number of rotatable bonds is 5. The van der Waals surface area contributed by atoms with Crippen LogP contribution in [0.1, 0.15) is 16.7 Å². The van der Waals surface area contributed by atoms with Crippen molar-refractivity contribution in [1.82, 2.24) is 0 Å². The number of ether oxygens (including phenoxy) is 1. The second-order valence-electron chi connectivity index (χ2n) is 5.84. The summed E-state index contributed by atoms with van der Waals surface area (Å²) in [6, 6.07) is 15.3. The zero-order valence-corrected chi connectivity index (χ0v) is 16.6. The molecular weight excluding hydrogens is 408 g/mol. The Morgan fingerprint density at radius 1 is 0.963 bits per heavy atom. The topological polar surface area (TPSA) is 21.6 Å². The maximum atomic E-state index is 13.7. The Balaban J connectivity index is 1.79. The summed E-state index contributed by atoms with van der Waals surface area (Å²) in [4.78, 5) is 4.44. The Morgan fingerprint density at radius 3 is 2.37 bits per heavy atom. The van der Waals surface area contributed by atoms with Gasteiger partial charge in [0.2, 0.25) is 0 Å². The molecule has 6 heteroatoms. The first-order chi connectivity index (χ1) is 13.0. The van der Waals surface area contributed by atoms with Crippen molar-refractivity contribution < 1.29 is 9.13 Å². The minimum absolute atomic E-state index is 0.0290. The smallest absolute Gasteiger partial charge is 0.157 e. The highest BCUT2D eigenvalue weighted by atomic mass is 35.5. The van der Waals surface area contributed by atoms with Crippen molar-refractivity contribution >= 4 is 46.7 Å². The molecule has 0 saturated heterocycles. The third-order valence-electron chi connectivity index (χ3n) is 3.94. The van der Waals surface area contributed by atoms with Gasteiger partial charge in [0.15, 0.2) is 5.75 Å². The van der Waals surface area contributed by atoms with Gasteiger partial charge in [0.1, 0.15) is 12.4 Å². The van der Waals surface area contributed by atoms with E-state index in [0.717, 1.165) is 11.3 Å². The van der Waals surface area contributed by atoms with Gasteiger partial charge in [0.25, 0.3) is 0 Å². The third kappa shape index (κ3) is 4.81. The van der Waals surface area contributed by atoms with E-state index in [0.29, 0.717) is 31.9 Å². The predicted molar refractivity (Wildman–Crippen MR) is 111 cm³/mol. The molecule has 27 heavy (non-hydrogen) atoms. The molecule has 0 saturated carbocycles. The van der Waals surface area contributed by atoms with Gasteiger partial charge in [-0.05, 0) is 48.4 Å². The molecule has 0 aliphatic carbocycles. The van der Waals surface area contributed by atoms with Crippen molar-refractivity contribution in [2.75, 3.05) is 0 Å². The predicted octanol–water partition coefficient (Wildman–Crippen LogP) is 7.42. The molecule has 0 spiro atoms. The summed E-state index contributed by atoms with van der Waals surface area (Å²) in [7, 11) is 0. The van der Waals surface area contributed by atoms with E-state index in [1.807, 2.05) is 25.1 Å². The fourth-order valence-corrected chi connectivity index (χ4v) is 3.22. The first kappa shape index (κ1) is 19.7. The Kier molecular flexibility index (Phi) is 6.38. The van der Waals surface area contributed by atoms with Crippen molar-refractivity contribution in [2.45, 2.75) is 13.5 Å². The fraction of sp³-hybridized carbons (Fsp3) is 0.0952. The normalized spacial score (nSPS) is 11.1. The monoisotopic (exact) mass is 421 g/mol. The van der Waals surface area contributed by atoms with Crippen LogP contribution in [-0.2, 0) is 6.61 Å². The molecule has 0 radical (unpaired) electrons. The van der Waals surface area contributed by atoms with E-state index in [1.54, 1.807) is 36.5 Å². The van der Waals surface area contributed by atoms with Crippen LogP contribution in [0.15, 0.2) is 59.6 Å². The van der Waals surface area contributed by atoms with Crippen LogP contribution in [0.3, 0.4) is 0 Å². The minimum atomic E-state index is -0.342. The maximum Gasteiger partial charge on any atom is 0.157 e. The average Bonchev–Trinajstić information content (AvgIpc) is 2.63. The molecule has 0 heterocycles. The van der Waals surface area contributed by atoms with Crippen LogP contribution in [-0.4, -0.2) is 6.21 Å². The second kappa shape index (κ2) is 8.75. The molecule has 3 aromatic carbocycles. The largest absolute Gasteiger partial charge is 0.486 e. The molecule has 0 unspecified atom stereocenters. The lowest BCUT2D eigenvalue weighted by atomic mass is 10.2. The first-order valence-electron chi connectivity index (χ1n) is 8.10. The quantitative estimate of drug-likeness (QED) is 0.392. The first-order valence-corrected chi connectivity index (χ1v) is 9.23. The van der Waals surface area contributed by atoms with Crippen LogP contribution in [0.5, 0.6) is 5.75 Å². The van der Waals surface area contributed by atoms with Crippen LogP contribution in [0, 0.1) is 12.7 Å². The molecule has 0 atom stereocenters. The number of hydrogen-bond donors (Lipinski definition) is 0. The van der Waals surface area contributed by atoms with E-state index in [2.05, 4.69) is 4.99 Å². The van der Waals surface area contributed by atoms with E-state index in [1.165, 1.54) is 6.07 Å². The lowest BCUT2D eigenvalue weighted by molar-refractivity contribution is 0.300. The minimum Gasteiger partial charge on any atom is -0.486 e. The molecule has 0 aliphatic heterocycles. The summed E-state index contributed by atoms with van der Waals surface area (Å²) in [5, 5.41) is 1.30. The van der Waals surface area contributed by atoms with E-state index in [9.17, 15) is 4.39 Å². The standard InChI is InChI=1S/C21H15Cl3FNO/c1-13-16(22)6-4-8-20(13)26-11-14-9-17(23)21(18(24)10-14)27-12-15-5-2-3-7-19(15)25/h2-11H,12H2,1H3. The lowest BCUT2D eigenvalue weighted by Gasteiger charge is -2.11. The maximum absolute atomic E-state index is 13.7. The molecule has 0 aliphatic rings. The zero-order valence-electron chi connectivity index (χ0n) is 14.3. The van der Waals surface area contributed by atoms with Crippen LogP contribution in [0.4, 0.5) is 10.1 Å². The van der Waals surface area contributed by atoms with Gasteiger partial charge >= 0.3 is 0 Å². The molecule has 0 N–H and O–H groups in total. The van der Waals surface area contributed by atoms with Crippen LogP contribution >= 0.6 is 34.8 Å². The Morgan fingerprint density at radius 2 is 1.67 bits per heavy atom. The highest BCUT2D eigenvalue weighted by Crippen LogP contribution is 2.35. The van der Waals surface area contributed by atoms with Crippen molar-refractivity contribution in [3.05, 3.63) is 92.2 Å². The summed E-state index contributed by atoms with van der Waals surface area (Å²) in [5.74, 6) is -0.0388. The van der Waals surface area contributed by atoms with Gasteiger partial charge in [0, 0.05) is 16.8 Å². The number of benzene rings is 3. The molecular formula is C21H15Cl3FNO. The highest BCUT2D eigenvalue weighted by Gasteiger charge is 2.11. The summed E-state index contributed by atoms with van der Waals surface area (Å²) >= 11 is 18.7. The van der Waals surface area contributed by atoms with Crippen LogP contribution in [0.25, 0.3) is 0 Å². The summed E-state index contributed by atoms with van der Waals surface area (Å²) < 4.78 is 19.3. The van der Waals surface area contributed by atoms with Gasteiger partial charge in [-0.2, -0.15) is 0 Å². The Labute approximate surface area is 172 Å². The SMILES string of the molecule is Cc1c(Cl)cccc1N=Cc1cc(Cl)c(OCc2ccccc2F)c(Cl)c1. The number of hydrogen-bond acceptors (Lipinski definition) is 2. The van der Waals surface area contributed by atoms with Crippen molar-refractivity contribution in [3.63, 3.8) is 0 Å². The highest BCUT2D eigenvalue weighted by molar-refractivity contribution is 6.37. The van der Waals surface area contributed by atoms with Crippen molar-refractivity contribution in [3.8, 4) is 5.75 Å². The van der Waals surface area contributed by atoms with E-state index in [4.69, 9.17) is 39.5 Å². The number of halogens is 4. The van der Waals surface area contributed by atoms with Gasteiger partial charge in [-0.3, -0.25) is 4.99 Å². The Hall–Kier alpha value is -2.07. The van der Waals surface area contributed by atoms with E-state index < -0.39 is 0 Å². The van der Waals surface area contributed by atoms with Crippen LogP contribution < -0.4 is 4.74 Å². The van der Waals surface area contributed by atoms with E-state index in [-0.39, 0.29) is 12.4 Å². The average molecular weight is 423 g/mol. The van der Waals surface area contributed by atoms with Gasteiger partial charge in [-0.1, -0.05) is 59.1 Å². The van der Waals surface area contributed by atoms with E-state index >= 15 is 0 Å². The molecule has 0 fully saturated rings. The van der Waals surface area contributed by atoms with Crippen molar-refractivity contribution in [2.24, 2.45) is 4.99 Å². The molecule has 2 nitrogen and oxygen atoms in total. The second-order valence-corrected chi connectivity index (χ2v) is 7.06. The van der Waals surface area contributed by atoms with Gasteiger partial charge in [-0.25, -0.2) is 4.39 Å². The number of aliphatic imine (C=N–C) groups is 1. The molecule has 3 rings (SSSR count). The van der Waals surface area contributed by atoms with Gasteiger partial charge in [-0.15, -0.1) is 0 Å². The fourth-order valence-electron chi connectivity index (χ4n) is 2.44. The van der Waals surface area contributed by atoms with Crippen molar-refractivity contribution in [1.29, 1.82) is 0 Å². The molecule has 138 valence electrons. The van der Waals surface area contributed by atoms with Gasteiger partial charge in [0.05, 0.1) is 15.7 Å².